The highest BCUT2D eigenvalue weighted by atomic mass is 15.3. The number of hydrogen-bond acceptors (Lipinski definition) is 3. The average molecular weight is 281 g/mol. The normalized spacial score (nSPS) is 12.5. The molecule has 0 fully saturated rings. The SMILES string of the molecule is CCc1cc(C(N)c2ccnn2-c2ccccc2)n(C)n1. The van der Waals surface area contributed by atoms with Crippen LogP contribution >= 0.6 is 0 Å². The van der Waals surface area contributed by atoms with Gasteiger partial charge in [-0.05, 0) is 30.7 Å². The summed E-state index contributed by atoms with van der Waals surface area (Å²) in [5, 5.41) is 8.87. The van der Waals surface area contributed by atoms with Crippen LogP contribution in [-0.2, 0) is 13.5 Å². The summed E-state index contributed by atoms with van der Waals surface area (Å²) in [6.07, 6.45) is 2.68. The van der Waals surface area contributed by atoms with Gasteiger partial charge in [-0.25, -0.2) is 4.68 Å². The van der Waals surface area contributed by atoms with Gasteiger partial charge < -0.3 is 5.73 Å². The van der Waals surface area contributed by atoms with E-state index in [1.807, 2.05) is 52.8 Å². The second-order valence-corrected chi connectivity index (χ2v) is 5.02. The summed E-state index contributed by atoms with van der Waals surface area (Å²) in [5.41, 5.74) is 10.4. The first-order valence-electron chi connectivity index (χ1n) is 7.08. The molecule has 2 heterocycles. The van der Waals surface area contributed by atoms with Crippen molar-refractivity contribution >= 4 is 0 Å². The molecule has 2 N–H and O–H groups in total. The molecule has 0 amide bonds. The number of hydrogen-bond donors (Lipinski definition) is 1. The van der Waals surface area contributed by atoms with Crippen molar-refractivity contribution in [3.8, 4) is 5.69 Å². The Bertz CT molecular complexity index is 726. The number of aromatic nitrogens is 4. The molecular formula is C16H19N5. The Morgan fingerprint density at radius 3 is 2.57 bits per heavy atom. The highest BCUT2D eigenvalue weighted by molar-refractivity contribution is 5.35. The summed E-state index contributed by atoms with van der Waals surface area (Å²) in [7, 11) is 1.93. The van der Waals surface area contributed by atoms with Gasteiger partial charge in [-0.15, -0.1) is 0 Å². The van der Waals surface area contributed by atoms with Crippen molar-refractivity contribution in [1.29, 1.82) is 0 Å². The van der Waals surface area contributed by atoms with E-state index in [0.717, 1.165) is 29.2 Å². The molecule has 1 aromatic carbocycles. The van der Waals surface area contributed by atoms with E-state index < -0.39 is 0 Å². The molecule has 3 rings (SSSR count). The van der Waals surface area contributed by atoms with Gasteiger partial charge in [-0.1, -0.05) is 25.1 Å². The third-order valence-electron chi connectivity index (χ3n) is 3.64. The van der Waals surface area contributed by atoms with Crippen molar-refractivity contribution in [1.82, 2.24) is 19.6 Å². The topological polar surface area (TPSA) is 61.7 Å². The van der Waals surface area contributed by atoms with Crippen LogP contribution in [0.25, 0.3) is 5.69 Å². The smallest absolute Gasteiger partial charge is 0.0898 e. The Morgan fingerprint density at radius 1 is 1.14 bits per heavy atom. The van der Waals surface area contributed by atoms with Crippen LogP contribution in [-0.4, -0.2) is 19.6 Å². The second-order valence-electron chi connectivity index (χ2n) is 5.02. The van der Waals surface area contributed by atoms with Crippen molar-refractivity contribution in [2.45, 2.75) is 19.4 Å². The van der Waals surface area contributed by atoms with Gasteiger partial charge in [0.2, 0.25) is 0 Å². The summed E-state index contributed by atoms with van der Waals surface area (Å²) < 4.78 is 3.73. The van der Waals surface area contributed by atoms with E-state index in [1.165, 1.54) is 0 Å². The Morgan fingerprint density at radius 2 is 1.90 bits per heavy atom. The van der Waals surface area contributed by atoms with E-state index in [1.54, 1.807) is 6.20 Å². The van der Waals surface area contributed by atoms with Crippen LogP contribution in [0.2, 0.25) is 0 Å². The standard InChI is InChI=1S/C16H19N5/c1-3-12-11-15(20(2)19-12)16(17)14-9-10-18-21(14)13-7-5-4-6-8-13/h4-11,16H,3,17H2,1-2H3. The zero-order chi connectivity index (χ0) is 14.8. The zero-order valence-electron chi connectivity index (χ0n) is 12.3. The van der Waals surface area contributed by atoms with Crippen molar-refractivity contribution in [3.05, 3.63) is 65.7 Å². The van der Waals surface area contributed by atoms with Crippen LogP contribution in [0.3, 0.4) is 0 Å². The molecule has 0 saturated heterocycles. The molecule has 108 valence electrons. The maximum Gasteiger partial charge on any atom is 0.0898 e. The number of benzene rings is 1. The summed E-state index contributed by atoms with van der Waals surface area (Å²) in [4.78, 5) is 0. The molecule has 0 radical (unpaired) electrons. The van der Waals surface area contributed by atoms with Crippen molar-refractivity contribution in [2.75, 3.05) is 0 Å². The lowest BCUT2D eigenvalue weighted by Gasteiger charge is -2.14. The fraction of sp³-hybridized carbons (Fsp3) is 0.250. The lowest BCUT2D eigenvalue weighted by molar-refractivity contribution is 0.641. The molecule has 0 aliphatic heterocycles. The van der Waals surface area contributed by atoms with Gasteiger partial charge in [0.15, 0.2) is 0 Å². The van der Waals surface area contributed by atoms with Crippen LogP contribution in [0.4, 0.5) is 0 Å². The van der Waals surface area contributed by atoms with Crippen LogP contribution in [0.1, 0.15) is 30.0 Å². The number of nitrogens with zero attached hydrogens (tertiary/aromatic N) is 4. The molecule has 1 atom stereocenters. The molecular weight excluding hydrogens is 262 g/mol. The van der Waals surface area contributed by atoms with Gasteiger partial charge in [0.25, 0.3) is 0 Å². The Labute approximate surface area is 124 Å². The van der Waals surface area contributed by atoms with Crippen LogP contribution in [0, 0.1) is 0 Å². The van der Waals surface area contributed by atoms with E-state index in [-0.39, 0.29) is 6.04 Å². The first-order chi connectivity index (χ1) is 10.2. The van der Waals surface area contributed by atoms with Crippen LogP contribution < -0.4 is 5.73 Å². The molecule has 0 bridgehead atoms. The first-order valence-corrected chi connectivity index (χ1v) is 7.08. The van der Waals surface area contributed by atoms with Gasteiger partial charge in [-0.3, -0.25) is 4.68 Å². The lowest BCUT2D eigenvalue weighted by atomic mass is 10.1. The highest BCUT2D eigenvalue weighted by Crippen LogP contribution is 2.22. The predicted molar refractivity (Wildman–Crippen MR) is 82.2 cm³/mol. The Balaban J connectivity index is 2.01. The van der Waals surface area contributed by atoms with Crippen molar-refractivity contribution in [2.24, 2.45) is 12.8 Å². The summed E-state index contributed by atoms with van der Waals surface area (Å²) in [6.45, 7) is 2.09. The van der Waals surface area contributed by atoms with E-state index in [0.29, 0.717) is 0 Å². The second kappa shape index (κ2) is 5.54. The largest absolute Gasteiger partial charge is 0.318 e. The molecule has 0 saturated carbocycles. The first kappa shape index (κ1) is 13.6. The van der Waals surface area contributed by atoms with Crippen LogP contribution in [0.5, 0.6) is 0 Å². The minimum absolute atomic E-state index is 0.259. The lowest BCUT2D eigenvalue weighted by Crippen LogP contribution is -2.19. The Hall–Kier alpha value is -2.40. The van der Waals surface area contributed by atoms with Gasteiger partial charge in [-0.2, -0.15) is 10.2 Å². The average Bonchev–Trinajstić information content (AvgIpc) is 3.14. The minimum Gasteiger partial charge on any atom is -0.318 e. The molecule has 0 spiro atoms. The number of rotatable bonds is 4. The van der Waals surface area contributed by atoms with Gasteiger partial charge in [0.1, 0.15) is 0 Å². The zero-order valence-corrected chi connectivity index (χ0v) is 12.3. The van der Waals surface area contributed by atoms with Gasteiger partial charge in [0.05, 0.1) is 28.8 Å². The van der Waals surface area contributed by atoms with E-state index in [4.69, 9.17) is 5.73 Å². The third kappa shape index (κ3) is 2.48. The summed E-state index contributed by atoms with van der Waals surface area (Å²) in [5.74, 6) is 0. The Kier molecular flexibility index (Phi) is 3.58. The quantitative estimate of drug-likeness (QED) is 0.797. The van der Waals surface area contributed by atoms with E-state index in [2.05, 4.69) is 23.2 Å². The van der Waals surface area contributed by atoms with Crippen molar-refractivity contribution < 1.29 is 0 Å². The highest BCUT2D eigenvalue weighted by Gasteiger charge is 2.19. The fourth-order valence-corrected chi connectivity index (χ4v) is 2.49. The molecule has 5 nitrogen and oxygen atoms in total. The minimum atomic E-state index is -0.259. The molecule has 1 unspecified atom stereocenters. The third-order valence-corrected chi connectivity index (χ3v) is 3.64. The monoisotopic (exact) mass is 281 g/mol. The van der Waals surface area contributed by atoms with Crippen LogP contribution in [0.15, 0.2) is 48.7 Å². The fourth-order valence-electron chi connectivity index (χ4n) is 2.49. The molecule has 0 aliphatic rings. The van der Waals surface area contributed by atoms with E-state index in [9.17, 15) is 0 Å². The summed E-state index contributed by atoms with van der Waals surface area (Å²) >= 11 is 0. The maximum absolute atomic E-state index is 6.45. The predicted octanol–water partition coefficient (Wildman–Crippen LogP) is 2.22. The van der Waals surface area contributed by atoms with Gasteiger partial charge >= 0.3 is 0 Å². The van der Waals surface area contributed by atoms with Gasteiger partial charge in [0, 0.05) is 13.2 Å². The number of aryl methyl sites for hydroxylation is 2. The maximum atomic E-state index is 6.45. The number of nitrogens with two attached hydrogens (primary N) is 1. The molecule has 5 heteroatoms. The molecule has 3 aromatic rings. The van der Waals surface area contributed by atoms with Crippen molar-refractivity contribution in [3.63, 3.8) is 0 Å². The van der Waals surface area contributed by atoms with E-state index >= 15 is 0 Å². The molecule has 21 heavy (non-hydrogen) atoms. The summed E-state index contributed by atoms with van der Waals surface area (Å²) in [6, 6.07) is 13.8. The molecule has 2 aromatic heterocycles. The molecule has 0 aliphatic carbocycles. The number of para-hydroxylation sites is 1.